The zero-order valence-corrected chi connectivity index (χ0v) is 9.22. The third-order valence-electron chi connectivity index (χ3n) is 3.24. The van der Waals surface area contributed by atoms with E-state index in [9.17, 15) is 4.79 Å². The molecule has 0 aliphatic rings. The number of carbonyl (C=O) groups is 1. The lowest BCUT2D eigenvalue weighted by Gasteiger charge is -2.42. The van der Waals surface area contributed by atoms with Crippen LogP contribution in [-0.2, 0) is 4.79 Å². The van der Waals surface area contributed by atoms with E-state index in [0.29, 0.717) is 6.42 Å². The summed E-state index contributed by atoms with van der Waals surface area (Å²) < 4.78 is 0. The molecule has 0 saturated heterocycles. The topological polar surface area (TPSA) is 63.3 Å². The maximum absolute atomic E-state index is 11.0. The molecule has 0 aromatic carbocycles. The SMILES string of the molecule is CCC(C(=O)O)C(C)(C)C(C)(C)N. The van der Waals surface area contributed by atoms with Crippen molar-refractivity contribution in [2.45, 2.75) is 46.6 Å². The van der Waals surface area contributed by atoms with E-state index >= 15 is 0 Å². The maximum atomic E-state index is 11.0. The van der Waals surface area contributed by atoms with E-state index in [1.165, 1.54) is 0 Å². The molecule has 0 aliphatic carbocycles. The molecule has 0 amide bonds. The van der Waals surface area contributed by atoms with Crippen LogP contribution in [0, 0.1) is 11.3 Å². The van der Waals surface area contributed by atoms with E-state index < -0.39 is 16.9 Å². The van der Waals surface area contributed by atoms with Gasteiger partial charge in [-0.05, 0) is 25.7 Å². The first-order valence-corrected chi connectivity index (χ1v) is 4.66. The number of carboxylic acid groups (broad SMARTS) is 1. The summed E-state index contributed by atoms with van der Waals surface area (Å²) in [6.07, 6.45) is 0.614. The average Bonchev–Trinajstić information content (AvgIpc) is 1.83. The molecule has 3 nitrogen and oxygen atoms in total. The van der Waals surface area contributed by atoms with Crippen LogP contribution in [0.4, 0.5) is 0 Å². The van der Waals surface area contributed by atoms with E-state index in [1.807, 2.05) is 34.6 Å². The molecule has 0 fully saturated rings. The molecule has 3 heteroatoms. The first-order valence-electron chi connectivity index (χ1n) is 4.66. The number of hydrogen-bond acceptors (Lipinski definition) is 2. The van der Waals surface area contributed by atoms with Crippen molar-refractivity contribution >= 4 is 5.97 Å². The molecule has 13 heavy (non-hydrogen) atoms. The Kier molecular flexibility index (Phi) is 3.50. The number of nitrogens with two attached hydrogens (primary N) is 1. The normalized spacial score (nSPS) is 15.5. The van der Waals surface area contributed by atoms with Gasteiger partial charge in [0.15, 0.2) is 0 Å². The van der Waals surface area contributed by atoms with Gasteiger partial charge in [-0.2, -0.15) is 0 Å². The molecular formula is C10H21NO2. The van der Waals surface area contributed by atoms with Gasteiger partial charge in [-0.15, -0.1) is 0 Å². The third-order valence-corrected chi connectivity index (χ3v) is 3.24. The van der Waals surface area contributed by atoms with E-state index in [-0.39, 0.29) is 5.92 Å². The Morgan fingerprint density at radius 1 is 1.38 bits per heavy atom. The molecule has 0 bridgehead atoms. The lowest BCUT2D eigenvalue weighted by molar-refractivity contribution is -0.147. The molecular weight excluding hydrogens is 166 g/mol. The number of rotatable bonds is 4. The molecule has 0 rings (SSSR count). The molecule has 0 aromatic heterocycles. The van der Waals surface area contributed by atoms with Crippen LogP contribution >= 0.6 is 0 Å². The predicted molar refractivity (Wildman–Crippen MR) is 53.5 cm³/mol. The molecule has 1 atom stereocenters. The van der Waals surface area contributed by atoms with Crippen molar-refractivity contribution in [1.82, 2.24) is 0 Å². The smallest absolute Gasteiger partial charge is 0.307 e. The van der Waals surface area contributed by atoms with E-state index in [4.69, 9.17) is 10.8 Å². The van der Waals surface area contributed by atoms with Crippen LogP contribution < -0.4 is 5.73 Å². The van der Waals surface area contributed by atoms with Crippen LogP contribution in [0.5, 0.6) is 0 Å². The fourth-order valence-corrected chi connectivity index (χ4v) is 1.44. The Morgan fingerprint density at radius 3 is 1.85 bits per heavy atom. The lowest BCUT2D eigenvalue weighted by Crippen LogP contribution is -2.53. The first kappa shape index (κ1) is 12.4. The van der Waals surface area contributed by atoms with Crippen LogP contribution in [0.15, 0.2) is 0 Å². The van der Waals surface area contributed by atoms with Gasteiger partial charge in [0.05, 0.1) is 5.92 Å². The fraction of sp³-hybridized carbons (Fsp3) is 0.900. The molecule has 0 heterocycles. The monoisotopic (exact) mass is 187 g/mol. The summed E-state index contributed by atoms with van der Waals surface area (Å²) in [6, 6.07) is 0. The Bertz CT molecular complexity index is 192. The van der Waals surface area contributed by atoms with Gasteiger partial charge >= 0.3 is 5.97 Å². The summed E-state index contributed by atoms with van der Waals surface area (Å²) in [7, 11) is 0. The highest BCUT2D eigenvalue weighted by molar-refractivity contribution is 5.71. The molecule has 3 N–H and O–H groups in total. The summed E-state index contributed by atoms with van der Waals surface area (Å²) in [4.78, 5) is 11.0. The van der Waals surface area contributed by atoms with Crippen molar-refractivity contribution in [3.05, 3.63) is 0 Å². The summed E-state index contributed by atoms with van der Waals surface area (Å²) in [6.45, 7) is 9.45. The Morgan fingerprint density at radius 2 is 1.77 bits per heavy atom. The van der Waals surface area contributed by atoms with Crippen LogP contribution in [0.1, 0.15) is 41.0 Å². The lowest BCUT2D eigenvalue weighted by atomic mass is 9.65. The second-order valence-corrected chi connectivity index (χ2v) is 4.74. The van der Waals surface area contributed by atoms with E-state index in [0.717, 1.165) is 0 Å². The van der Waals surface area contributed by atoms with Crippen LogP contribution in [0.2, 0.25) is 0 Å². The summed E-state index contributed by atoms with van der Waals surface area (Å²) in [5.41, 5.74) is 5.09. The van der Waals surface area contributed by atoms with Crippen molar-refractivity contribution in [1.29, 1.82) is 0 Å². The molecule has 0 aliphatic heterocycles. The zero-order chi connectivity index (χ0) is 10.9. The molecule has 0 radical (unpaired) electrons. The summed E-state index contributed by atoms with van der Waals surface area (Å²) in [5.74, 6) is -1.14. The van der Waals surface area contributed by atoms with Crippen molar-refractivity contribution in [2.24, 2.45) is 17.1 Å². The highest BCUT2D eigenvalue weighted by Gasteiger charge is 2.43. The van der Waals surface area contributed by atoms with Gasteiger partial charge in [-0.1, -0.05) is 20.8 Å². The molecule has 0 spiro atoms. The van der Waals surface area contributed by atoms with Gasteiger partial charge in [0, 0.05) is 5.54 Å². The van der Waals surface area contributed by atoms with Gasteiger partial charge in [-0.25, -0.2) is 0 Å². The predicted octanol–water partition coefficient (Wildman–Crippen LogP) is 1.86. The minimum atomic E-state index is -0.758. The number of aliphatic carboxylic acids is 1. The van der Waals surface area contributed by atoms with Gasteiger partial charge in [0.2, 0.25) is 0 Å². The standard InChI is InChI=1S/C10H21NO2/c1-6-7(8(12)13)9(2,3)10(4,5)11/h7H,6,11H2,1-5H3,(H,12,13). The Hall–Kier alpha value is -0.570. The molecule has 0 aromatic rings. The second-order valence-electron chi connectivity index (χ2n) is 4.74. The van der Waals surface area contributed by atoms with Crippen LogP contribution in [0.25, 0.3) is 0 Å². The quantitative estimate of drug-likeness (QED) is 0.706. The second kappa shape index (κ2) is 3.66. The Balaban J connectivity index is 4.89. The molecule has 1 unspecified atom stereocenters. The molecule has 0 saturated carbocycles. The average molecular weight is 187 g/mol. The third kappa shape index (κ3) is 2.44. The molecule has 78 valence electrons. The van der Waals surface area contributed by atoms with Crippen LogP contribution in [0.3, 0.4) is 0 Å². The van der Waals surface area contributed by atoms with Crippen molar-refractivity contribution in [3.8, 4) is 0 Å². The maximum Gasteiger partial charge on any atom is 0.307 e. The minimum absolute atomic E-state index is 0.382. The minimum Gasteiger partial charge on any atom is -0.481 e. The number of carboxylic acids is 1. The zero-order valence-electron chi connectivity index (χ0n) is 9.22. The highest BCUT2D eigenvalue weighted by atomic mass is 16.4. The van der Waals surface area contributed by atoms with Gasteiger partial charge in [0.1, 0.15) is 0 Å². The largest absolute Gasteiger partial charge is 0.481 e. The number of hydrogen-bond donors (Lipinski definition) is 2. The summed E-state index contributed by atoms with van der Waals surface area (Å²) in [5, 5.41) is 9.02. The van der Waals surface area contributed by atoms with Gasteiger partial charge < -0.3 is 10.8 Å². The van der Waals surface area contributed by atoms with E-state index in [2.05, 4.69) is 0 Å². The van der Waals surface area contributed by atoms with Crippen LogP contribution in [-0.4, -0.2) is 16.6 Å². The highest BCUT2D eigenvalue weighted by Crippen LogP contribution is 2.38. The van der Waals surface area contributed by atoms with Crippen molar-refractivity contribution in [2.75, 3.05) is 0 Å². The first-order chi connectivity index (χ1) is 5.64. The van der Waals surface area contributed by atoms with Crippen molar-refractivity contribution < 1.29 is 9.90 Å². The van der Waals surface area contributed by atoms with E-state index in [1.54, 1.807) is 0 Å². The Labute approximate surface area is 80.3 Å². The fourth-order valence-electron chi connectivity index (χ4n) is 1.44. The van der Waals surface area contributed by atoms with Gasteiger partial charge in [0.25, 0.3) is 0 Å². The van der Waals surface area contributed by atoms with Gasteiger partial charge in [-0.3, -0.25) is 4.79 Å². The van der Waals surface area contributed by atoms with Crippen molar-refractivity contribution in [3.63, 3.8) is 0 Å². The summed E-state index contributed by atoms with van der Waals surface area (Å²) >= 11 is 0.